The molecule has 2 heterocycles. The van der Waals surface area contributed by atoms with Crippen LogP contribution in [-0.2, 0) is 4.74 Å². The molecular formula is C14H21ClN4O2. The zero-order valence-corrected chi connectivity index (χ0v) is 13.6. The highest BCUT2D eigenvalue weighted by atomic mass is 35.5. The predicted octanol–water partition coefficient (Wildman–Crippen LogP) is 2.58. The second-order valence-electron chi connectivity index (χ2n) is 6.16. The Morgan fingerprint density at radius 2 is 2.24 bits per heavy atom. The van der Waals surface area contributed by atoms with Crippen molar-refractivity contribution in [1.29, 1.82) is 0 Å². The zero-order valence-electron chi connectivity index (χ0n) is 12.8. The van der Waals surface area contributed by atoms with E-state index < -0.39 is 5.60 Å². The summed E-state index contributed by atoms with van der Waals surface area (Å²) in [6.45, 7) is 6.87. The standard InChI is InChI=1S/C14H21ClN4O2/c1-14(2,3)21-13(20)19-8-6-10(9-19)18(4)12-16-7-5-11(15)17-12/h5,7,10H,6,8-9H2,1-4H3/t10-/m1/s1. The first-order valence-corrected chi connectivity index (χ1v) is 7.33. The molecule has 2 rings (SSSR count). The second-order valence-corrected chi connectivity index (χ2v) is 6.55. The van der Waals surface area contributed by atoms with Crippen molar-refractivity contribution in [2.24, 2.45) is 0 Å². The first kappa shape index (κ1) is 15.8. The van der Waals surface area contributed by atoms with Crippen LogP contribution in [0.4, 0.5) is 10.7 Å². The molecule has 1 aliphatic heterocycles. The molecule has 0 aromatic carbocycles. The van der Waals surface area contributed by atoms with Gasteiger partial charge in [0.05, 0.1) is 6.04 Å². The van der Waals surface area contributed by atoms with Gasteiger partial charge in [-0.3, -0.25) is 0 Å². The molecule has 1 saturated heterocycles. The molecular weight excluding hydrogens is 292 g/mol. The van der Waals surface area contributed by atoms with Gasteiger partial charge in [-0.2, -0.15) is 0 Å². The van der Waals surface area contributed by atoms with Crippen LogP contribution in [0.5, 0.6) is 0 Å². The third kappa shape index (κ3) is 4.20. The smallest absolute Gasteiger partial charge is 0.410 e. The molecule has 1 amide bonds. The van der Waals surface area contributed by atoms with E-state index in [0.29, 0.717) is 24.2 Å². The van der Waals surface area contributed by atoms with Crippen molar-refractivity contribution in [2.45, 2.75) is 38.8 Å². The quantitative estimate of drug-likeness (QED) is 0.786. The summed E-state index contributed by atoms with van der Waals surface area (Å²) >= 11 is 5.89. The van der Waals surface area contributed by atoms with Crippen LogP contribution in [0, 0.1) is 0 Å². The fourth-order valence-electron chi connectivity index (χ4n) is 2.21. The van der Waals surface area contributed by atoms with Gasteiger partial charge >= 0.3 is 6.09 Å². The van der Waals surface area contributed by atoms with Gasteiger partial charge in [0.25, 0.3) is 0 Å². The number of aromatic nitrogens is 2. The van der Waals surface area contributed by atoms with Crippen LogP contribution >= 0.6 is 11.6 Å². The van der Waals surface area contributed by atoms with E-state index in [1.807, 2.05) is 32.7 Å². The lowest BCUT2D eigenvalue weighted by molar-refractivity contribution is 0.0292. The van der Waals surface area contributed by atoms with E-state index >= 15 is 0 Å². The molecule has 1 aliphatic rings. The van der Waals surface area contributed by atoms with Crippen molar-refractivity contribution in [1.82, 2.24) is 14.9 Å². The van der Waals surface area contributed by atoms with Crippen molar-refractivity contribution in [2.75, 3.05) is 25.0 Å². The number of nitrogens with zero attached hydrogens (tertiary/aromatic N) is 4. The van der Waals surface area contributed by atoms with Crippen LogP contribution in [0.2, 0.25) is 5.15 Å². The Kier molecular flexibility index (Phi) is 4.56. The fourth-order valence-corrected chi connectivity index (χ4v) is 2.34. The first-order chi connectivity index (χ1) is 9.76. The van der Waals surface area contributed by atoms with Gasteiger partial charge < -0.3 is 14.5 Å². The summed E-state index contributed by atoms with van der Waals surface area (Å²) in [5.74, 6) is 0.568. The van der Waals surface area contributed by atoms with E-state index in [9.17, 15) is 4.79 Å². The molecule has 0 unspecified atom stereocenters. The van der Waals surface area contributed by atoms with Crippen LogP contribution in [-0.4, -0.2) is 52.7 Å². The Morgan fingerprint density at radius 1 is 1.52 bits per heavy atom. The molecule has 0 radical (unpaired) electrons. The van der Waals surface area contributed by atoms with E-state index in [1.54, 1.807) is 17.2 Å². The number of amides is 1. The van der Waals surface area contributed by atoms with Crippen LogP contribution in [0.1, 0.15) is 27.2 Å². The minimum Gasteiger partial charge on any atom is -0.444 e. The third-order valence-corrected chi connectivity index (χ3v) is 3.50. The number of likely N-dealkylation sites (N-methyl/N-ethyl adjacent to an activating group) is 1. The Labute approximate surface area is 130 Å². The monoisotopic (exact) mass is 312 g/mol. The molecule has 0 bridgehead atoms. The van der Waals surface area contributed by atoms with Gasteiger partial charge in [0.15, 0.2) is 0 Å². The maximum Gasteiger partial charge on any atom is 0.410 e. The summed E-state index contributed by atoms with van der Waals surface area (Å²) in [4.78, 5) is 24.1. The topological polar surface area (TPSA) is 58.6 Å². The highest BCUT2D eigenvalue weighted by molar-refractivity contribution is 6.29. The molecule has 1 aromatic heterocycles. The number of hydrogen-bond acceptors (Lipinski definition) is 5. The van der Waals surface area contributed by atoms with E-state index in [1.165, 1.54) is 0 Å². The summed E-state index contributed by atoms with van der Waals surface area (Å²) in [5, 5.41) is 0.411. The number of carbonyl (C=O) groups is 1. The average molecular weight is 313 g/mol. The van der Waals surface area contributed by atoms with Gasteiger partial charge in [0, 0.05) is 26.3 Å². The van der Waals surface area contributed by atoms with E-state index in [4.69, 9.17) is 16.3 Å². The highest BCUT2D eigenvalue weighted by Gasteiger charge is 2.32. The minimum absolute atomic E-state index is 0.163. The second kappa shape index (κ2) is 6.05. The SMILES string of the molecule is CN(c1nccc(Cl)n1)[C@@H]1CCN(C(=O)OC(C)(C)C)C1. The van der Waals surface area contributed by atoms with Gasteiger partial charge in [0.1, 0.15) is 10.8 Å². The molecule has 1 aromatic rings. The largest absolute Gasteiger partial charge is 0.444 e. The summed E-state index contributed by atoms with van der Waals surface area (Å²) < 4.78 is 5.39. The van der Waals surface area contributed by atoms with Crippen molar-refractivity contribution >= 4 is 23.6 Å². The predicted molar refractivity (Wildman–Crippen MR) is 81.7 cm³/mol. The van der Waals surface area contributed by atoms with Crippen LogP contribution in [0.25, 0.3) is 0 Å². The maximum atomic E-state index is 12.1. The number of anilines is 1. The molecule has 0 aliphatic carbocycles. The summed E-state index contributed by atoms with van der Waals surface area (Å²) in [6, 6.07) is 1.80. The molecule has 21 heavy (non-hydrogen) atoms. The number of rotatable bonds is 2. The Balaban J connectivity index is 1.97. The fraction of sp³-hybridized carbons (Fsp3) is 0.643. The van der Waals surface area contributed by atoms with Crippen LogP contribution < -0.4 is 4.90 Å². The van der Waals surface area contributed by atoms with Gasteiger partial charge in [-0.15, -0.1) is 0 Å². The van der Waals surface area contributed by atoms with Gasteiger partial charge in [0.2, 0.25) is 5.95 Å². The number of likely N-dealkylation sites (tertiary alicyclic amines) is 1. The lowest BCUT2D eigenvalue weighted by Gasteiger charge is -2.26. The first-order valence-electron chi connectivity index (χ1n) is 6.95. The summed E-state index contributed by atoms with van der Waals surface area (Å²) in [6.07, 6.45) is 2.21. The van der Waals surface area contributed by atoms with E-state index in [-0.39, 0.29) is 12.1 Å². The van der Waals surface area contributed by atoms with Gasteiger partial charge in [-0.25, -0.2) is 14.8 Å². The molecule has 6 nitrogen and oxygen atoms in total. The number of halogens is 1. The minimum atomic E-state index is -0.475. The number of hydrogen-bond donors (Lipinski definition) is 0. The molecule has 1 fully saturated rings. The van der Waals surface area contributed by atoms with Crippen molar-refractivity contribution < 1.29 is 9.53 Å². The molecule has 7 heteroatoms. The van der Waals surface area contributed by atoms with E-state index in [0.717, 1.165) is 6.42 Å². The van der Waals surface area contributed by atoms with Crippen molar-refractivity contribution in [3.05, 3.63) is 17.4 Å². The summed E-state index contributed by atoms with van der Waals surface area (Å²) in [5.41, 5.74) is -0.475. The summed E-state index contributed by atoms with van der Waals surface area (Å²) in [7, 11) is 1.91. The Hall–Kier alpha value is -1.56. The molecule has 116 valence electrons. The van der Waals surface area contributed by atoms with Crippen LogP contribution in [0.3, 0.4) is 0 Å². The third-order valence-electron chi connectivity index (χ3n) is 3.29. The lowest BCUT2D eigenvalue weighted by atomic mass is 10.2. The number of carbonyl (C=O) groups excluding carboxylic acids is 1. The Bertz CT molecular complexity index is 518. The normalized spacial score (nSPS) is 18.7. The van der Waals surface area contributed by atoms with Gasteiger partial charge in [-0.1, -0.05) is 11.6 Å². The molecule has 0 saturated carbocycles. The lowest BCUT2D eigenvalue weighted by Crippen LogP contribution is -2.39. The average Bonchev–Trinajstić information content (AvgIpc) is 2.85. The maximum absolute atomic E-state index is 12.1. The molecule has 1 atom stereocenters. The zero-order chi connectivity index (χ0) is 15.6. The highest BCUT2D eigenvalue weighted by Crippen LogP contribution is 2.21. The molecule has 0 N–H and O–H groups in total. The molecule has 0 spiro atoms. The Morgan fingerprint density at radius 3 is 2.86 bits per heavy atom. The van der Waals surface area contributed by atoms with Crippen molar-refractivity contribution in [3.63, 3.8) is 0 Å². The van der Waals surface area contributed by atoms with E-state index in [2.05, 4.69) is 9.97 Å². The van der Waals surface area contributed by atoms with Crippen molar-refractivity contribution in [3.8, 4) is 0 Å². The number of ether oxygens (including phenoxy) is 1. The van der Waals surface area contributed by atoms with Crippen LogP contribution in [0.15, 0.2) is 12.3 Å². The van der Waals surface area contributed by atoms with Gasteiger partial charge in [-0.05, 0) is 33.3 Å².